The molecule has 3 N–H and O–H groups in total. The predicted octanol–water partition coefficient (Wildman–Crippen LogP) is 3.70. The van der Waals surface area contributed by atoms with Crippen LogP contribution in [-0.4, -0.2) is 34.9 Å². The maximum Gasteiger partial charge on any atom is 0.407 e. The summed E-state index contributed by atoms with van der Waals surface area (Å²) >= 11 is 4.77. The summed E-state index contributed by atoms with van der Waals surface area (Å²) < 4.78 is 6.83. The number of alkyl carbamates (subject to hydrolysis) is 1. The number of thiazole rings is 1. The molecule has 1 heterocycles. The summed E-state index contributed by atoms with van der Waals surface area (Å²) in [5.74, 6) is 0.139. The zero-order chi connectivity index (χ0) is 16.3. The first-order chi connectivity index (χ1) is 10.2. The number of phenols is 1. The molecule has 1 aromatic carbocycles. The van der Waals surface area contributed by atoms with E-state index in [9.17, 15) is 9.90 Å². The van der Waals surface area contributed by atoms with Crippen molar-refractivity contribution in [3.05, 3.63) is 16.6 Å². The first kappa shape index (κ1) is 16.8. The van der Waals surface area contributed by atoms with E-state index in [2.05, 4.69) is 31.5 Å². The van der Waals surface area contributed by atoms with Crippen LogP contribution in [0.1, 0.15) is 20.8 Å². The quantitative estimate of drug-likeness (QED) is 0.696. The SMILES string of the molecule is CC(C)(C)OC(=O)NCCNc1nc2c(O)cc(Br)cc2s1. The number of halogens is 1. The molecule has 0 spiro atoms. The second kappa shape index (κ2) is 6.70. The molecule has 0 aliphatic rings. The molecule has 1 aromatic heterocycles. The van der Waals surface area contributed by atoms with Crippen molar-refractivity contribution in [2.75, 3.05) is 18.4 Å². The number of hydrogen-bond acceptors (Lipinski definition) is 6. The number of anilines is 1. The van der Waals surface area contributed by atoms with Crippen molar-refractivity contribution in [3.8, 4) is 5.75 Å². The molecular weight excluding hydrogens is 370 g/mol. The van der Waals surface area contributed by atoms with E-state index in [1.807, 2.05) is 26.8 Å². The molecule has 0 radical (unpaired) electrons. The van der Waals surface area contributed by atoms with Crippen LogP contribution in [-0.2, 0) is 4.74 Å². The lowest BCUT2D eigenvalue weighted by Crippen LogP contribution is -2.34. The molecule has 6 nitrogen and oxygen atoms in total. The Morgan fingerprint density at radius 2 is 2.14 bits per heavy atom. The normalized spacial score (nSPS) is 11.5. The molecule has 2 rings (SSSR count). The van der Waals surface area contributed by atoms with Gasteiger partial charge in [0.25, 0.3) is 0 Å². The first-order valence-electron chi connectivity index (χ1n) is 6.74. The highest BCUT2D eigenvalue weighted by molar-refractivity contribution is 9.10. The Labute approximate surface area is 141 Å². The average molecular weight is 388 g/mol. The predicted molar refractivity (Wildman–Crippen MR) is 91.7 cm³/mol. The van der Waals surface area contributed by atoms with Gasteiger partial charge in [0.1, 0.15) is 16.9 Å². The van der Waals surface area contributed by atoms with Gasteiger partial charge in [0.05, 0.1) is 4.70 Å². The summed E-state index contributed by atoms with van der Waals surface area (Å²) in [5.41, 5.74) is 0.0611. The van der Waals surface area contributed by atoms with Gasteiger partial charge in [-0.3, -0.25) is 0 Å². The fourth-order valence-electron chi connectivity index (χ4n) is 1.70. The van der Waals surface area contributed by atoms with Crippen molar-refractivity contribution >= 4 is 48.7 Å². The van der Waals surface area contributed by atoms with Crippen molar-refractivity contribution in [2.45, 2.75) is 26.4 Å². The Morgan fingerprint density at radius 3 is 2.82 bits per heavy atom. The number of carbonyl (C=O) groups is 1. The average Bonchev–Trinajstić information content (AvgIpc) is 2.75. The number of nitrogens with one attached hydrogen (secondary N) is 2. The molecule has 8 heteroatoms. The van der Waals surface area contributed by atoms with Crippen LogP contribution in [0, 0.1) is 0 Å². The molecule has 22 heavy (non-hydrogen) atoms. The largest absolute Gasteiger partial charge is 0.506 e. The topological polar surface area (TPSA) is 83.5 Å². The zero-order valence-electron chi connectivity index (χ0n) is 12.6. The van der Waals surface area contributed by atoms with Gasteiger partial charge in [-0.2, -0.15) is 0 Å². The Morgan fingerprint density at radius 1 is 1.41 bits per heavy atom. The molecule has 0 saturated heterocycles. The Bertz CT molecular complexity index is 682. The molecular formula is C14H18BrN3O3S. The zero-order valence-corrected chi connectivity index (χ0v) is 15.0. The maximum atomic E-state index is 11.5. The minimum absolute atomic E-state index is 0.139. The summed E-state index contributed by atoms with van der Waals surface area (Å²) in [6.07, 6.45) is -0.444. The van der Waals surface area contributed by atoms with Gasteiger partial charge < -0.3 is 20.5 Å². The second-order valence-corrected chi connectivity index (χ2v) is 7.59. The van der Waals surface area contributed by atoms with E-state index in [0.717, 1.165) is 9.17 Å². The number of phenolic OH excluding ortho intramolecular Hbond substituents is 1. The van der Waals surface area contributed by atoms with Crippen molar-refractivity contribution < 1.29 is 14.6 Å². The van der Waals surface area contributed by atoms with Crippen molar-refractivity contribution in [2.24, 2.45) is 0 Å². The van der Waals surface area contributed by atoms with Crippen LogP contribution in [0.2, 0.25) is 0 Å². The van der Waals surface area contributed by atoms with Gasteiger partial charge in [-0.25, -0.2) is 9.78 Å². The fourth-order valence-corrected chi connectivity index (χ4v) is 3.25. The van der Waals surface area contributed by atoms with Crippen LogP contribution >= 0.6 is 27.3 Å². The highest BCUT2D eigenvalue weighted by Crippen LogP contribution is 2.34. The lowest BCUT2D eigenvalue weighted by Gasteiger charge is -2.19. The third kappa shape index (κ3) is 4.74. The monoisotopic (exact) mass is 387 g/mol. The van der Waals surface area contributed by atoms with E-state index in [1.165, 1.54) is 11.3 Å². The Kier molecular flexibility index (Phi) is 5.12. The van der Waals surface area contributed by atoms with E-state index in [1.54, 1.807) is 6.07 Å². The van der Waals surface area contributed by atoms with E-state index in [4.69, 9.17) is 4.74 Å². The number of amides is 1. The number of rotatable bonds is 4. The van der Waals surface area contributed by atoms with Crippen molar-refractivity contribution in [3.63, 3.8) is 0 Å². The van der Waals surface area contributed by atoms with Crippen LogP contribution in [0.25, 0.3) is 10.2 Å². The highest BCUT2D eigenvalue weighted by atomic mass is 79.9. The number of aromatic hydroxyl groups is 1. The third-order valence-corrected chi connectivity index (χ3v) is 3.93. The first-order valence-corrected chi connectivity index (χ1v) is 8.35. The summed E-state index contributed by atoms with van der Waals surface area (Å²) in [6.45, 7) is 6.38. The van der Waals surface area contributed by atoms with Gasteiger partial charge in [-0.05, 0) is 32.9 Å². The fraction of sp³-hybridized carbons (Fsp3) is 0.429. The lowest BCUT2D eigenvalue weighted by atomic mass is 10.2. The summed E-state index contributed by atoms with van der Waals surface area (Å²) in [7, 11) is 0. The molecule has 0 fully saturated rings. The molecule has 0 atom stereocenters. The van der Waals surface area contributed by atoms with E-state index < -0.39 is 11.7 Å². The van der Waals surface area contributed by atoms with Crippen LogP contribution in [0.5, 0.6) is 5.75 Å². The molecule has 2 aromatic rings. The number of carbonyl (C=O) groups excluding carboxylic acids is 1. The molecule has 0 unspecified atom stereocenters. The van der Waals surface area contributed by atoms with Crippen LogP contribution in [0.4, 0.5) is 9.93 Å². The summed E-state index contributed by atoms with van der Waals surface area (Å²) in [5, 5.41) is 16.3. The molecule has 0 aliphatic heterocycles. The summed E-state index contributed by atoms with van der Waals surface area (Å²) in [4.78, 5) is 15.8. The van der Waals surface area contributed by atoms with Gasteiger partial charge in [-0.1, -0.05) is 27.3 Å². The Hall–Kier alpha value is -1.54. The van der Waals surface area contributed by atoms with E-state index >= 15 is 0 Å². The van der Waals surface area contributed by atoms with Gasteiger partial charge >= 0.3 is 6.09 Å². The minimum atomic E-state index is -0.505. The van der Waals surface area contributed by atoms with Gasteiger partial charge in [0.2, 0.25) is 0 Å². The van der Waals surface area contributed by atoms with Gasteiger partial charge in [0, 0.05) is 17.6 Å². The third-order valence-electron chi connectivity index (χ3n) is 2.51. The lowest BCUT2D eigenvalue weighted by molar-refractivity contribution is 0.0530. The molecule has 1 amide bonds. The van der Waals surface area contributed by atoms with Gasteiger partial charge in [0.15, 0.2) is 5.13 Å². The number of aromatic nitrogens is 1. The smallest absolute Gasteiger partial charge is 0.407 e. The number of hydrogen-bond donors (Lipinski definition) is 3. The van der Waals surface area contributed by atoms with E-state index in [0.29, 0.717) is 23.7 Å². The number of fused-ring (bicyclic) bond motifs is 1. The van der Waals surface area contributed by atoms with Crippen LogP contribution in [0.15, 0.2) is 16.6 Å². The minimum Gasteiger partial charge on any atom is -0.506 e. The molecule has 0 bridgehead atoms. The standard InChI is InChI=1S/C14H18BrN3O3S/c1-14(2,3)21-13(20)17-5-4-16-12-18-11-9(19)6-8(15)7-10(11)22-12/h6-7,19H,4-5H2,1-3H3,(H,16,18)(H,17,20). The van der Waals surface area contributed by atoms with Crippen molar-refractivity contribution in [1.82, 2.24) is 10.3 Å². The molecule has 0 aliphatic carbocycles. The van der Waals surface area contributed by atoms with Gasteiger partial charge in [-0.15, -0.1) is 0 Å². The Balaban J connectivity index is 1.85. The van der Waals surface area contributed by atoms with Crippen LogP contribution < -0.4 is 10.6 Å². The maximum absolute atomic E-state index is 11.5. The highest BCUT2D eigenvalue weighted by Gasteiger charge is 2.15. The number of benzene rings is 1. The van der Waals surface area contributed by atoms with Crippen LogP contribution in [0.3, 0.4) is 0 Å². The molecule has 0 saturated carbocycles. The second-order valence-electron chi connectivity index (χ2n) is 5.65. The molecule has 120 valence electrons. The number of ether oxygens (including phenoxy) is 1. The summed E-state index contributed by atoms with van der Waals surface area (Å²) in [6, 6.07) is 3.51. The number of nitrogens with zero attached hydrogens (tertiary/aromatic N) is 1. The van der Waals surface area contributed by atoms with E-state index in [-0.39, 0.29) is 5.75 Å². The van der Waals surface area contributed by atoms with Crippen molar-refractivity contribution in [1.29, 1.82) is 0 Å².